The van der Waals surface area contributed by atoms with Crippen LogP contribution in [0.5, 0.6) is 0 Å². The molecule has 0 aromatic heterocycles. The van der Waals surface area contributed by atoms with Crippen molar-refractivity contribution in [2.45, 2.75) is 39.2 Å². The summed E-state index contributed by atoms with van der Waals surface area (Å²) in [5.74, 6) is 0. The maximum Gasteiger partial charge on any atom is 0.0920 e. The van der Waals surface area contributed by atoms with Gasteiger partial charge in [0.2, 0.25) is 0 Å². The number of aryl methyl sites for hydroxylation is 1. The van der Waals surface area contributed by atoms with Crippen molar-refractivity contribution < 1.29 is 5.11 Å². The van der Waals surface area contributed by atoms with E-state index in [-0.39, 0.29) is 0 Å². The summed E-state index contributed by atoms with van der Waals surface area (Å²) in [6.45, 7) is 8.03. The average Bonchev–Trinajstić information content (AvgIpc) is 2.36. The van der Waals surface area contributed by atoms with E-state index in [2.05, 4.69) is 43.1 Å². The van der Waals surface area contributed by atoms with Crippen LogP contribution in [0.1, 0.15) is 37.8 Å². The van der Waals surface area contributed by atoms with Gasteiger partial charge in [0, 0.05) is 13.1 Å². The lowest BCUT2D eigenvalue weighted by Crippen LogP contribution is -2.40. The molecule has 0 unspecified atom stereocenters. The van der Waals surface area contributed by atoms with Crippen LogP contribution in [0.3, 0.4) is 0 Å². The molecule has 1 N–H and O–H groups in total. The highest BCUT2D eigenvalue weighted by atomic mass is 16.3. The van der Waals surface area contributed by atoms with E-state index < -0.39 is 5.60 Å². The fraction of sp³-hybridized carbons (Fsp3) is 0.600. The van der Waals surface area contributed by atoms with Gasteiger partial charge in [-0.15, -0.1) is 0 Å². The van der Waals surface area contributed by atoms with Crippen molar-refractivity contribution in [1.29, 1.82) is 0 Å². The average molecular weight is 235 g/mol. The molecule has 0 atom stereocenters. The minimum atomic E-state index is -0.597. The highest BCUT2D eigenvalue weighted by Gasteiger charge is 2.32. The van der Waals surface area contributed by atoms with Crippen molar-refractivity contribution in [2.75, 3.05) is 20.1 Å². The van der Waals surface area contributed by atoms with Gasteiger partial charge in [0.1, 0.15) is 0 Å². The molecule has 0 radical (unpaired) electrons. The molecule has 1 saturated heterocycles. The summed E-state index contributed by atoms with van der Waals surface area (Å²) >= 11 is 0. The maximum atomic E-state index is 10.5. The molecule has 0 amide bonds. The third-order valence-corrected chi connectivity index (χ3v) is 3.40. The lowest BCUT2D eigenvalue weighted by Gasteiger charge is -2.37. The molecular weight excluding hydrogens is 210 g/mol. The van der Waals surface area contributed by atoms with Gasteiger partial charge in [0.25, 0.3) is 0 Å². The van der Waals surface area contributed by atoms with Crippen molar-refractivity contribution in [3.05, 3.63) is 35.4 Å². The van der Waals surface area contributed by atoms with Crippen LogP contribution in [0.25, 0.3) is 0 Å². The van der Waals surface area contributed by atoms with Gasteiger partial charge in [0.05, 0.1) is 5.60 Å². The van der Waals surface area contributed by atoms with Gasteiger partial charge in [0.15, 0.2) is 0 Å². The number of hydrogen-bond acceptors (Lipinski definition) is 2. The smallest absolute Gasteiger partial charge is 0.0920 e. The maximum absolute atomic E-state index is 10.5. The molecule has 1 aliphatic heterocycles. The monoisotopic (exact) mass is 235 g/mol. The van der Waals surface area contributed by atoms with E-state index in [1.807, 2.05) is 13.8 Å². The van der Waals surface area contributed by atoms with Crippen molar-refractivity contribution >= 4 is 0 Å². The highest BCUT2D eigenvalue weighted by molar-refractivity contribution is 5.27. The predicted octanol–water partition coefficient (Wildman–Crippen LogP) is 2.93. The molecule has 1 aromatic rings. The number of nitrogens with zero attached hydrogens (tertiary/aromatic N) is 1. The second-order valence-corrected chi connectivity index (χ2v) is 4.70. The van der Waals surface area contributed by atoms with E-state index in [1.54, 1.807) is 0 Å². The van der Waals surface area contributed by atoms with Gasteiger partial charge >= 0.3 is 0 Å². The molecule has 2 rings (SSSR count). The van der Waals surface area contributed by atoms with E-state index in [0.717, 1.165) is 31.5 Å². The number of piperidine rings is 1. The zero-order valence-electron chi connectivity index (χ0n) is 11.5. The van der Waals surface area contributed by atoms with E-state index in [1.165, 1.54) is 5.56 Å². The Balaban J connectivity index is 0.000000686. The summed E-state index contributed by atoms with van der Waals surface area (Å²) in [5, 5.41) is 10.5. The summed E-state index contributed by atoms with van der Waals surface area (Å²) in [4.78, 5) is 2.27. The van der Waals surface area contributed by atoms with Gasteiger partial charge in [-0.3, -0.25) is 0 Å². The van der Waals surface area contributed by atoms with Gasteiger partial charge in [-0.05, 0) is 32.4 Å². The van der Waals surface area contributed by atoms with Crippen LogP contribution in [-0.2, 0) is 5.60 Å². The minimum absolute atomic E-state index is 0.597. The van der Waals surface area contributed by atoms with Crippen LogP contribution in [0.2, 0.25) is 0 Å². The number of aliphatic hydroxyl groups is 1. The van der Waals surface area contributed by atoms with Crippen molar-refractivity contribution in [1.82, 2.24) is 4.90 Å². The Kier molecular flexibility index (Phi) is 5.16. The number of rotatable bonds is 1. The number of likely N-dealkylation sites (tertiary alicyclic amines) is 1. The van der Waals surface area contributed by atoms with E-state index >= 15 is 0 Å². The van der Waals surface area contributed by atoms with Gasteiger partial charge in [-0.1, -0.05) is 43.7 Å². The third kappa shape index (κ3) is 3.55. The van der Waals surface area contributed by atoms with E-state index in [4.69, 9.17) is 0 Å². The third-order valence-electron chi connectivity index (χ3n) is 3.40. The largest absolute Gasteiger partial charge is 0.385 e. The van der Waals surface area contributed by atoms with Crippen molar-refractivity contribution in [3.8, 4) is 0 Å². The minimum Gasteiger partial charge on any atom is -0.385 e. The van der Waals surface area contributed by atoms with Crippen LogP contribution < -0.4 is 0 Å². The molecule has 0 saturated carbocycles. The molecule has 1 heterocycles. The summed E-state index contributed by atoms with van der Waals surface area (Å²) in [7, 11) is 2.11. The van der Waals surface area contributed by atoms with Crippen molar-refractivity contribution in [3.63, 3.8) is 0 Å². The molecule has 1 aromatic carbocycles. The first kappa shape index (κ1) is 14.2. The Morgan fingerprint density at radius 1 is 1.06 bits per heavy atom. The molecule has 1 fully saturated rings. The summed E-state index contributed by atoms with van der Waals surface area (Å²) < 4.78 is 0. The first-order chi connectivity index (χ1) is 8.10. The quantitative estimate of drug-likeness (QED) is 0.809. The fourth-order valence-corrected chi connectivity index (χ4v) is 2.14. The molecule has 96 valence electrons. The SMILES string of the molecule is CC.Cc1ccc(C2(O)CCN(C)CC2)cc1. The van der Waals surface area contributed by atoms with Crippen LogP contribution in [-0.4, -0.2) is 30.1 Å². The normalized spacial score (nSPS) is 19.4. The Morgan fingerprint density at radius 2 is 1.53 bits per heavy atom. The Morgan fingerprint density at radius 3 is 2.00 bits per heavy atom. The standard InChI is InChI=1S/C13H19NO.C2H6/c1-11-3-5-12(6-4-11)13(15)7-9-14(2)10-8-13;1-2/h3-6,15H,7-10H2,1-2H3;1-2H3. The predicted molar refractivity (Wildman–Crippen MR) is 73.2 cm³/mol. The van der Waals surface area contributed by atoms with Crippen LogP contribution in [0.15, 0.2) is 24.3 Å². The Hall–Kier alpha value is -0.860. The number of hydrogen-bond donors (Lipinski definition) is 1. The lowest BCUT2D eigenvalue weighted by molar-refractivity contribution is -0.0203. The molecule has 0 spiro atoms. The first-order valence-electron chi connectivity index (χ1n) is 6.58. The van der Waals surface area contributed by atoms with Gasteiger partial charge in [-0.2, -0.15) is 0 Å². The van der Waals surface area contributed by atoms with Crippen LogP contribution in [0.4, 0.5) is 0 Å². The summed E-state index contributed by atoms with van der Waals surface area (Å²) in [6.07, 6.45) is 1.68. The molecule has 17 heavy (non-hydrogen) atoms. The molecule has 1 aliphatic rings. The molecular formula is C15H25NO. The lowest BCUT2D eigenvalue weighted by atomic mass is 9.84. The van der Waals surface area contributed by atoms with E-state index in [9.17, 15) is 5.11 Å². The zero-order valence-corrected chi connectivity index (χ0v) is 11.5. The topological polar surface area (TPSA) is 23.5 Å². The zero-order chi connectivity index (χ0) is 12.9. The molecule has 2 heteroatoms. The van der Waals surface area contributed by atoms with Crippen LogP contribution >= 0.6 is 0 Å². The first-order valence-corrected chi connectivity index (χ1v) is 6.58. The second-order valence-electron chi connectivity index (χ2n) is 4.70. The summed E-state index contributed by atoms with van der Waals surface area (Å²) in [6, 6.07) is 8.26. The van der Waals surface area contributed by atoms with E-state index in [0.29, 0.717) is 0 Å². The fourth-order valence-electron chi connectivity index (χ4n) is 2.14. The van der Waals surface area contributed by atoms with Gasteiger partial charge in [-0.25, -0.2) is 0 Å². The highest BCUT2D eigenvalue weighted by Crippen LogP contribution is 2.32. The molecule has 0 bridgehead atoms. The van der Waals surface area contributed by atoms with Crippen LogP contribution in [0, 0.1) is 6.92 Å². The van der Waals surface area contributed by atoms with Crippen molar-refractivity contribution in [2.24, 2.45) is 0 Å². The molecule has 0 aliphatic carbocycles. The number of benzene rings is 1. The van der Waals surface area contributed by atoms with Gasteiger partial charge < -0.3 is 10.0 Å². The Labute approximate surface area is 105 Å². The molecule has 2 nitrogen and oxygen atoms in total. The summed E-state index contributed by atoms with van der Waals surface area (Å²) in [5.41, 5.74) is 1.72. The Bertz CT molecular complexity index is 323. The second kappa shape index (κ2) is 6.18.